The fourth-order valence-electron chi connectivity index (χ4n) is 0.770. The fourth-order valence-corrected chi connectivity index (χ4v) is 1.69. The smallest absolute Gasteiger partial charge is 0.206 e. The Kier molecular flexibility index (Phi) is 3.50. The van der Waals surface area contributed by atoms with Crippen LogP contribution in [0.25, 0.3) is 0 Å². The molecular formula is C8H14ClN3S. The lowest BCUT2D eigenvalue weighted by molar-refractivity contribution is 0.639. The Morgan fingerprint density at radius 3 is 2.62 bits per heavy atom. The zero-order valence-corrected chi connectivity index (χ0v) is 9.67. The molecule has 1 rings (SSSR count). The summed E-state index contributed by atoms with van der Waals surface area (Å²) in [7, 11) is 0. The largest absolute Gasteiger partial charge is 0.354 e. The van der Waals surface area contributed by atoms with Gasteiger partial charge in [0, 0.05) is 11.4 Å². The molecule has 0 atom stereocenters. The van der Waals surface area contributed by atoms with Crippen LogP contribution in [0.15, 0.2) is 0 Å². The minimum absolute atomic E-state index is 0.119. The van der Waals surface area contributed by atoms with E-state index in [0.29, 0.717) is 5.88 Å². The van der Waals surface area contributed by atoms with Crippen molar-refractivity contribution in [2.75, 3.05) is 11.2 Å². The van der Waals surface area contributed by atoms with Crippen LogP contribution in [-0.4, -0.2) is 21.6 Å². The van der Waals surface area contributed by atoms with Gasteiger partial charge < -0.3 is 5.32 Å². The van der Waals surface area contributed by atoms with Crippen molar-refractivity contribution < 1.29 is 0 Å². The van der Waals surface area contributed by atoms with Gasteiger partial charge in [-0.15, -0.1) is 21.8 Å². The van der Waals surface area contributed by atoms with Crippen molar-refractivity contribution in [1.29, 1.82) is 0 Å². The van der Waals surface area contributed by atoms with Crippen LogP contribution < -0.4 is 5.32 Å². The van der Waals surface area contributed by atoms with Gasteiger partial charge in [-0.1, -0.05) is 18.3 Å². The summed E-state index contributed by atoms with van der Waals surface area (Å²) in [6.45, 7) is 6.14. The van der Waals surface area contributed by atoms with Gasteiger partial charge in [-0.2, -0.15) is 0 Å². The molecular weight excluding hydrogens is 206 g/mol. The van der Waals surface area contributed by atoms with E-state index in [1.54, 1.807) is 11.3 Å². The molecule has 0 aliphatic heterocycles. The van der Waals surface area contributed by atoms with Crippen LogP contribution in [0.5, 0.6) is 0 Å². The van der Waals surface area contributed by atoms with E-state index in [9.17, 15) is 0 Å². The van der Waals surface area contributed by atoms with Crippen LogP contribution in [0.1, 0.15) is 25.8 Å². The number of rotatable bonds is 4. The zero-order valence-electron chi connectivity index (χ0n) is 8.09. The highest BCUT2D eigenvalue weighted by atomic mass is 35.5. The highest BCUT2D eigenvalue weighted by Gasteiger charge is 2.17. The van der Waals surface area contributed by atoms with Gasteiger partial charge in [0.1, 0.15) is 5.01 Å². The van der Waals surface area contributed by atoms with E-state index in [2.05, 4.69) is 22.4 Å². The van der Waals surface area contributed by atoms with Crippen LogP contribution in [0.3, 0.4) is 0 Å². The molecule has 0 fully saturated rings. The molecule has 0 unspecified atom stereocenters. The van der Waals surface area contributed by atoms with Gasteiger partial charge in [0.05, 0.1) is 0 Å². The van der Waals surface area contributed by atoms with E-state index in [4.69, 9.17) is 11.6 Å². The van der Waals surface area contributed by atoms with E-state index in [1.807, 2.05) is 13.8 Å². The summed E-state index contributed by atoms with van der Waals surface area (Å²) >= 11 is 7.36. The van der Waals surface area contributed by atoms with Crippen LogP contribution in [0, 0.1) is 0 Å². The monoisotopic (exact) mass is 219 g/mol. The van der Waals surface area contributed by atoms with Gasteiger partial charge in [-0.05, 0) is 20.3 Å². The molecule has 0 saturated carbocycles. The second kappa shape index (κ2) is 4.24. The van der Waals surface area contributed by atoms with Crippen LogP contribution in [0.2, 0.25) is 0 Å². The van der Waals surface area contributed by atoms with E-state index in [0.717, 1.165) is 16.6 Å². The molecule has 1 heterocycles. The molecule has 13 heavy (non-hydrogen) atoms. The Hall–Kier alpha value is -0.350. The van der Waals surface area contributed by atoms with Crippen LogP contribution in [-0.2, 0) is 6.42 Å². The highest BCUT2D eigenvalue weighted by Crippen LogP contribution is 2.20. The minimum Gasteiger partial charge on any atom is -0.354 e. The Bertz CT molecular complexity index is 272. The molecule has 0 spiro atoms. The van der Waals surface area contributed by atoms with Crippen molar-refractivity contribution in [3.8, 4) is 0 Å². The first-order valence-electron chi connectivity index (χ1n) is 4.24. The predicted molar refractivity (Wildman–Crippen MR) is 57.7 cm³/mol. The second-order valence-electron chi connectivity index (χ2n) is 3.50. The molecule has 0 bridgehead atoms. The van der Waals surface area contributed by atoms with Gasteiger partial charge in [0.2, 0.25) is 5.13 Å². The Morgan fingerprint density at radius 1 is 1.46 bits per heavy atom. The summed E-state index contributed by atoms with van der Waals surface area (Å²) in [6, 6.07) is 0. The average Bonchev–Trinajstić information content (AvgIpc) is 2.52. The molecule has 0 aliphatic rings. The maximum absolute atomic E-state index is 5.78. The Balaban J connectivity index is 2.63. The SMILES string of the molecule is CCc1nnc(NC(C)(C)CCl)s1. The molecule has 0 aromatic carbocycles. The molecule has 5 heteroatoms. The lowest BCUT2D eigenvalue weighted by atomic mass is 10.1. The van der Waals surface area contributed by atoms with Crippen molar-refractivity contribution >= 4 is 28.1 Å². The number of aromatic nitrogens is 2. The number of hydrogen-bond acceptors (Lipinski definition) is 4. The minimum atomic E-state index is -0.119. The Labute approximate surface area is 87.5 Å². The summed E-state index contributed by atoms with van der Waals surface area (Å²) in [5, 5.41) is 13.2. The van der Waals surface area contributed by atoms with E-state index < -0.39 is 0 Å². The summed E-state index contributed by atoms with van der Waals surface area (Å²) in [5.74, 6) is 0.550. The molecule has 0 saturated heterocycles. The number of aryl methyl sites for hydroxylation is 1. The number of anilines is 1. The van der Waals surface area contributed by atoms with Gasteiger partial charge >= 0.3 is 0 Å². The maximum Gasteiger partial charge on any atom is 0.206 e. The molecule has 3 nitrogen and oxygen atoms in total. The molecule has 0 aliphatic carbocycles. The van der Waals surface area contributed by atoms with E-state index in [-0.39, 0.29) is 5.54 Å². The van der Waals surface area contributed by atoms with E-state index in [1.165, 1.54) is 0 Å². The normalized spacial score (nSPS) is 11.7. The second-order valence-corrected chi connectivity index (χ2v) is 4.83. The van der Waals surface area contributed by atoms with Gasteiger partial charge in [-0.25, -0.2) is 0 Å². The molecule has 0 radical (unpaired) electrons. The lowest BCUT2D eigenvalue weighted by Crippen LogP contribution is -2.32. The lowest BCUT2D eigenvalue weighted by Gasteiger charge is -2.21. The van der Waals surface area contributed by atoms with Gasteiger partial charge in [-0.3, -0.25) is 0 Å². The molecule has 1 aromatic heterocycles. The van der Waals surface area contributed by atoms with Crippen molar-refractivity contribution in [2.45, 2.75) is 32.7 Å². The third-order valence-electron chi connectivity index (χ3n) is 1.55. The van der Waals surface area contributed by atoms with Crippen LogP contribution in [0.4, 0.5) is 5.13 Å². The van der Waals surface area contributed by atoms with Crippen molar-refractivity contribution in [1.82, 2.24) is 10.2 Å². The van der Waals surface area contributed by atoms with Crippen molar-refractivity contribution in [3.63, 3.8) is 0 Å². The highest BCUT2D eigenvalue weighted by molar-refractivity contribution is 7.15. The number of alkyl halides is 1. The van der Waals surface area contributed by atoms with E-state index >= 15 is 0 Å². The number of nitrogens with one attached hydrogen (secondary N) is 1. The fraction of sp³-hybridized carbons (Fsp3) is 0.750. The predicted octanol–water partition coefficient (Wildman–Crippen LogP) is 2.53. The first-order valence-corrected chi connectivity index (χ1v) is 5.59. The maximum atomic E-state index is 5.78. The van der Waals surface area contributed by atoms with Crippen molar-refractivity contribution in [2.24, 2.45) is 0 Å². The number of hydrogen-bond donors (Lipinski definition) is 1. The molecule has 0 amide bonds. The van der Waals surface area contributed by atoms with Gasteiger partial charge in [0.15, 0.2) is 0 Å². The Morgan fingerprint density at radius 2 is 2.15 bits per heavy atom. The summed E-state index contributed by atoms with van der Waals surface area (Å²) < 4.78 is 0. The topological polar surface area (TPSA) is 37.8 Å². The molecule has 1 N–H and O–H groups in total. The number of nitrogens with zero attached hydrogens (tertiary/aromatic N) is 2. The standard InChI is InChI=1S/C8H14ClN3S/c1-4-6-11-12-7(13-6)10-8(2,3)5-9/h4-5H2,1-3H3,(H,10,12). The summed E-state index contributed by atoms with van der Waals surface area (Å²) in [5.41, 5.74) is -0.119. The third-order valence-corrected chi connectivity index (χ3v) is 3.20. The molecule has 74 valence electrons. The van der Waals surface area contributed by atoms with Gasteiger partial charge in [0.25, 0.3) is 0 Å². The van der Waals surface area contributed by atoms with Crippen LogP contribution >= 0.6 is 22.9 Å². The summed E-state index contributed by atoms with van der Waals surface area (Å²) in [6.07, 6.45) is 0.931. The van der Waals surface area contributed by atoms with Crippen molar-refractivity contribution in [3.05, 3.63) is 5.01 Å². The zero-order chi connectivity index (χ0) is 9.90. The summed E-state index contributed by atoms with van der Waals surface area (Å²) in [4.78, 5) is 0. The average molecular weight is 220 g/mol. The third kappa shape index (κ3) is 3.12. The first-order chi connectivity index (χ1) is 6.07. The number of halogens is 1. The molecule has 1 aromatic rings. The quantitative estimate of drug-likeness (QED) is 0.791. The first kappa shape index (κ1) is 10.7.